The van der Waals surface area contributed by atoms with Gasteiger partial charge in [-0.05, 0) is 6.07 Å². The summed E-state index contributed by atoms with van der Waals surface area (Å²) in [5.41, 5.74) is 1.22. The fourth-order valence-electron chi connectivity index (χ4n) is 1.37. The molecule has 0 saturated heterocycles. The van der Waals surface area contributed by atoms with E-state index in [1.807, 2.05) is 0 Å². The van der Waals surface area contributed by atoms with E-state index in [2.05, 4.69) is 9.97 Å². The normalized spacial score (nSPS) is 10.1. The largest absolute Gasteiger partial charge is 0.478 e. The first-order valence-corrected chi connectivity index (χ1v) is 4.86. The first-order chi connectivity index (χ1) is 7.68. The van der Waals surface area contributed by atoms with Gasteiger partial charge in [0.2, 0.25) is 0 Å². The lowest BCUT2D eigenvalue weighted by molar-refractivity contribution is 0.0697. The highest BCUT2D eigenvalue weighted by atomic mass is 35.5. The van der Waals surface area contributed by atoms with Crippen LogP contribution in [0.1, 0.15) is 10.4 Å². The van der Waals surface area contributed by atoms with Gasteiger partial charge < -0.3 is 5.11 Å². The van der Waals surface area contributed by atoms with E-state index in [0.717, 1.165) is 0 Å². The molecular weight excluding hydrogens is 228 g/mol. The minimum absolute atomic E-state index is 0.192. The lowest BCUT2D eigenvalue weighted by Gasteiger charge is -2.04. The molecule has 1 heterocycles. The third-order valence-electron chi connectivity index (χ3n) is 2.07. The summed E-state index contributed by atoms with van der Waals surface area (Å²) in [5.74, 6) is -0.995. The lowest BCUT2D eigenvalue weighted by atomic mass is 10.0. The van der Waals surface area contributed by atoms with E-state index in [4.69, 9.17) is 16.7 Å². The van der Waals surface area contributed by atoms with Gasteiger partial charge in [-0.1, -0.05) is 29.8 Å². The lowest BCUT2D eigenvalue weighted by Crippen LogP contribution is -2.00. The van der Waals surface area contributed by atoms with Crippen LogP contribution in [-0.4, -0.2) is 21.0 Å². The second-order valence-electron chi connectivity index (χ2n) is 3.08. The second kappa shape index (κ2) is 4.28. The van der Waals surface area contributed by atoms with Crippen molar-refractivity contribution in [2.45, 2.75) is 0 Å². The number of nitrogens with zero attached hydrogens (tertiary/aromatic N) is 2. The van der Waals surface area contributed by atoms with Crippen LogP contribution < -0.4 is 0 Å². The van der Waals surface area contributed by atoms with Crippen LogP contribution in [0.15, 0.2) is 36.7 Å². The van der Waals surface area contributed by atoms with E-state index in [-0.39, 0.29) is 10.7 Å². The zero-order valence-corrected chi connectivity index (χ0v) is 8.85. The van der Waals surface area contributed by atoms with Crippen LogP contribution in [0, 0.1) is 0 Å². The highest BCUT2D eigenvalue weighted by Crippen LogP contribution is 2.22. The predicted molar refractivity (Wildman–Crippen MR) is 59.4 cm³/mol. The molecule has 0 saturated carbocycles. The molecule has 0 bridgehead atoms. The molecule has 0 unspecified atom stereocenters. The number of aromatic nitrogens is 2. The molecule has 0 spiro atoms. The van der Waals surface area contributed by atoms with Crippen LogP contribution in [0.2, 0.25) is 5.15 Å². The molecule has 0 fully saturated rings. The fourth-order valence-corrected chi connectivity index (χ4v) is 1.52. The van der Waals surface area contributed by atoms with Crippen molar-refractivity contribution in [2.75, 3.05) is 0 Å². The Morgan fingerprint density at radius 3 is 2.69 bits per heavy atom. The minimum Gasteiger partial charge on any atom is -0.478 e. The van der Waals surface area contributed by atoms with Crippen LogP contribution in [0.4, 0.5) is 0 Å². The Kier molecular flexibility index (Phi) is 2.83. The topological polar surface area (TPSA) is 63.1 Å². The summed E-state index contributed by atoms with van der Waals surface area (Å²) < 4.78 is 0. The molecule has 0 aliphatic rings. The summed E-state index contributed by atoms with van der Waals surface area (Å²) in [6.07, 6.45) is 1.30. The molecule has 1 aromatic heterocycles. The van der Waals surface area contributed by atoms with E-state index in [0.29, 0.717) is 11.3 Å². The summed E-state index contributed by atoms with van der Waals surface area (Å²) in [4.78, 5) is 18.7. The Morgan fingerprint density at radius 1 is 1.25 bits per heavy atom. The maximum atomic E-state index is 11.0. The van der Waals surface area contributed by atoms with E-state index < -0.39 is 5.97 Å². The van der Waals surface area contributed by atoms with Crippen LogP contribution in [0.5, 0.6) is 0 Å². The van der Waals surface area contributed by atoms with Gasteiger partial charge in [0, 0.05) is 11.6 Å². The van der Waals surface area contributed by atoms with Gasteiger partial charge in [-0.2, -0.15) is 0 Å². The van der Waals surface area contributed by atoms with E-state index >= 15 is 0 Å². The number of carboxylic acid groups (broad SMARTS) is 1. The Hall–Kier alpha value is -1.94. The average molecular weight is 235 g/mol. The second-order valence-corrected chi connectivity index (χ2v) is 3.46. The fraction of sp³-hybridized carbons (Fsp3) is 0. The van der Waals surface area contributed by atoms with Crippen molar-refractivity contribution in [3.8, 4) is 11.3 Å². The first kappa shape index (κ1) is 10.6. The number of aromatic carboxylic acids is 1. The smallest absolute Gasteiger partial charge is 0.336 e. The number of hydrogen-bond acceptors (Lipinski definition) is 3. The van der Waals surface area contributed by atoms with E-state index in [9.17, 15) is 4.79 Å². The third-order valence-corrected chi connectivity index (χ3v) is 2.27. The molecule has 0 aliphatic carbocycles. The Labute approximate surface area is 96.6 Å². The van der Waals surface area contributed by atoms with E-state index in [1.54, 1.807) is 18.2 Å². The number of hydrogen-bond donors (Lipinski definition) is 1. The summed E-state index contributed by atoms with van der Waals surface area (Å²) in [7, 11) is 0. The standard InChI is InChI=1S/C11H7ClN2O2/c12-10-5-9(13-6-14-10)7-3-1-2-4-8(7)11(15)16/h1-6H,(H,15,16). The number of carbonyl (C=O) groups is 1. The molecule has 2 aromatic rings. The zero-order chi connectivity index (χ0) is 11.5. The number of carboxylic acids is 1. The number of halogens is 1. The molecule has 1 N–H and O–H groups in total. The molecule has 80 valence electrons. The summed E-state index contributed by atoms with van der Waals surface area (Å²) in [5, 5.41) is 9.30. The van der Waals surface area contributed by atoms with Gasteiger partial charge in [0.25, 0.3) is 0 Å². The molecule has 0 radical (unpaired) electrons. The van der Waals surface area contributed by atoms with Crippen LogP contribution in [0.25, 0.3) is 11.3 Å². The van der Waals surface area contributed by atoms with Crippen molar-refractivity contribution in [3.05, 3.63) is 47.4 Å². The average Bonchev–Trinajstić information content (AvgIpc) is 2.29. The van der Waals surface area contributed by atoms with Gasteiger partial charge in [0.05, 0.1) is 11.3 Å². The molecular formula is C11H7ClN2O2. The quantitative estimate of drug-likeness (QED) is 0.811. The number of rotatable bonds is 2. The Morgan fingerprint density at radius 2 is 2.00 bits per heavy atom. The van der Waals surface area contributed by atoms with Crippen LogP contribution in [0.3, 0.4) is 0 Å². The van der Waals surface area contributed by atoms with Crippen molar-refractivity contribution in [1.82, 2.24) is 9.97 Å². The highest BCUT2D eigenvalue weighted by Gasteiger charge is 2.11. The molecule has 0 atom stereocenters. The molecule has 4 nitrogen and oxygen atoms in total. The van der Waals surface area contributed by atoms with Gasteiger partial charge in [-0.25, -0.2) is 14.8 Å². The summed E-state index contributed by atoms with van der Waals surface area (Å²) in [6.45, 7) is 0. The zero-order valence-electron chi connectivity index (χ0n) is 8.09. The molecule has 5 heteroatoms. The monoisotopic (exact) mass is 234 g/mol. The SMILES string of the molecule is O=C(O)c1ccccc1-c1cc(Cl)ncn1. The predicted octanol–water partition coefficient (Wildman–Crippen LogP) is 2.50. The van der Waals surface area contributed by atoms with E-state index in [1.165, 1.54) is 18.5 Å². The van der Waals surface area contributed by atoms with Gasteiger partial charge >= 0.3 is 5.97 Å². The molecule has 16 heavy (non-hydrogen) atoms. The van der Waals surface area contributed by atoms with Gasteiger partial charge in [0.1, 0.15) is 11.5 Å². The van der Waals surface area contributed by atoms with Crippen molar-refractivity contribution >= 4 is 17.6 Å². The maximum absolute atomic E-state index is 11.0. The number of benzene rings is 1. The highest BCUT2D eigenvalue weighted by molar-refractivity contribution is 6.29. The summed E-state index contributed by atoms with van der Waals surface area (Å²) >= 11 is 5.73. The summed E-state index contributed by atoms with van der Waals surface area (Å²) in [6, 6.07) is 8.15. The van der Waals surface area contributed by atoms with Crippen molar-refractivity contribution in [1.29, 1.82) is 0 Å². The maximum Gasteiger partial charge on any atom is 0.336 e. The third kappa shape index (κ3) is 2.01. The Bertz CT molecular complexity index is 543. The van der Waals surface area contributed by atoms with Gasteiger partial charge in [-0.3, -0.25) is 0 Å². The van der Waals surface area contributed by atoms with Crippen LogP contribution >= 0.6 is 11.6 Å². The van der Waals surface area contributed by atoms with Crippen molar-refractivity contribution in [2.24, 2.45) is 0 Å². The van der Waals surface area contributed by atoms with Gasteiger partial charge in [0.15, 0.2) is 0 Å². The molecule has 2 rings (SSSR count). The minimum atomic E-state index is -0.995. The Balaban J connectivity index is 2.60. The van der Waals surface area contributed by atoms with Crippen LogP contribution in [-0.2, 0) is 0 Å². The van der Waals surface area contributed by atoms with Crippen molar-refractivity contribution < 1.29 is 9.90 Å². The molecule has 1 aromatic carbocycles. The molecule has 0 aliphatic heterocycles. The van der Waals surface area contributed by atoms with Gasteiger partial charge in [-0.15, -0.1) is 0 Å². The van der Waals surface area contributed by atoms with Crippen molar-refractivity contribution in [3.63, 3.8) is 0 Å². The first-order valence-electron chi connectivity index (χ1n) is 4.49. The molecule has 0 amide bonds.